The summed E-state index contributed by atoms with van der Waals surface area (Å²) in [7, 11) is 0. The Hall–Kier alpha value is -2.90. The molecule has 4 rings (SSSR count). The van der Waals surface area contributed by atoms with Gasteiger partial charge in [0.2, 0.25) is 0 Å². The average molecular weight is 362 g/mol. The summed E-state index contributed by atoms with van der Waals surface area (Å²) in [6.07, 6.45) is 7.36. The van der Waals surface area contributed by atoms with Crippen molar-refractivity contribution in [2.75, 3.05) is 26.3 Å². The summed E-state index contributed by atoms with van der Waals surface area (Å²) < 4.78 is 7.42. The first-order chi connectivity index (χ1) is 13.3. The molecular weight excluding hydrogens is 340 g/mol. The molecule has 4 heterocycles. The van der Waals surface area contributed by atoms with Crippen molar-refractivity contribution >= 4 is 5.65 Å². The van der Waals surface area contributed by atoms with Gasteiger partial charge in [-0.15, -0.1) is 10.2 Å². The Morgan fingerprint density at radius 3 is 2.70 bits per heavy atom. The van der Waals surface area contributed by atoms with E-state index in [1.165, 1.54) is 5.56 Å². The maximum Gasteiger partial charge on any atom is 0.182 e. The van der Waals surface area contributed by atoms with E-state index in [9.17, 15) is 0 Å². The molecule has 3 aromatic heterocycles. The van der Waals surface area contributed by atoms with Gasteiger partial charge >= 0.3 is 0 Å². The summed E-state index contributed by atoms with van der Waals surface area (Å²) in [6, 6.07) is 10.1. The van der Waals surface area contributed by atoms with Gasteiger partial charge in [-0.3, -0.25) is 19.3 Å². The molecule has 7 heteroatoms. The second kappa shape index (κ2) is 8.20. The topological polar surface area (TPSA) is 68.4 Å². The molecule has 0 N–H and O–H groups in total. The van der Waals surface area contributed by atoms with Crippen molar-refractivity contribution in [2.24, 2.45) is 0 Å². The van der Waals surface area contributed by atoms with E-state index in [0.717, 1.165) is 55.6 Å². The van der Waals surface area contributed by atoms with E-state index in [1.54, 1.807) is 18.6 Å². The molecule has 27 heavy (non-hydrogen) atoms. The third-order valence-corrected chi connectivity index (χ3v) is 4.55. The van der Waals surface area contributed by atoms with Gasteiger partial charge in [-0.1, -0.05) is 6.07 Å². The van der Waals surface area contributed by atoms with Crippen LogP contribution in [0.3, 0.4) is 0 Å². The number of aromatic nitrogens is 5. The molecule has 3 aromatic rings. The van der Waals surface area contributed by atoms with Crippen LogP contribution < -0.4 is 0 Å². The van der Waals surface area contributed by atoms with Crippen LogP contribution in [0, 0.1) is 6.92 Å². The lowest BCUT2D eigenvalue weighted by Crippen LogP contribution is -2.35. The molecular formula is C20H22N6O. The number of morpholine rings is 1. The van der Waals surface area contributed by atoms with Gasteiger partial charge in [0.25, 0.3) is 0 Å². The summed E-state index contributed by atoms with van der Waals surface area (Å²) in [4.78, 5) is 11.1. The van der Waals surface area contributed by atoms with Crippen molar-refractivity contribution in [3.05, 3.63) is 66.4 Å². The molecule has 0 saturated carbocycles. The predicted octanol–water partition coefficient (Wildman–Crippen LogP) is 2.45. The third-order valence-electron chi connectivity index (χ3n) is 4.55. The largest absolute Gasteiger partial charge is 0.379 e. The van der Waals surface area contributed by atoms with Crippen molar-refractivity contribution in [3.63, 3.8) is 0 Å². The van der Waals surface area contributed by atoms with E-state index in [0.29, 0.717) is 0 Å². The molecule has 0 bridgehead atoms. The number of nitrogens with zero attached hydrogens (tertiary/aromatic N) is 6. The van der Waals surface area contributed by atoms with Crippen LogP contribution in [0.2, 0.25) is 0 Å². The van der Waals surface area contributed by atoms with Crippen molar-refractivity contribution in [1.82, 2.24) is 29.5 Å². The second-order valence-electron chi connectivity index (χ2n) is 6.46. The molecule has 0 radical (unpaired) electrons. The Kier molecular flexibility index (Phi) is 5.32. The van der Waals surface area contributed by atoms with Gasteiger partial charge in [0.1, 0.15) is 0 Å². The Bertz CT molecular complexity index is 965. The minimum atomic E-state index is 0.724. The number of hydrogen-bond acceptors (Lipinski definition) is 6. The van der Waals surface area contributed by atoms with E-state index in [2.05, 4.69) is 37.2 Å². The maximum atomic E-state index is 5.45. The van der Waals surface area contributed by atoms with Crippen LogP contribution in [-0.4, -0.2) is 55.8 Å². The van der Waals surface area contributed by atoms with Crippen LogP contribution in [0.4, 0.5) is 0 Å². The zero-order valence-corrected chi connectivity index (χ0v) is 15.3. The number of pyridine rings is 1. The summed E-state index contributed by atoms with van der Waals surface area (Å²) in [5, 5.41) is 8.73. The summed E-state index contributed by atoms with van der Waals surface area (Å²) in [5.74, 6) is 0.749. The molecule has 0 aliphatic carbocycles. The van der Waals surface area contributed by atoms with E-state index in [1.807, 2.05) is 35.7 Å². The molecule has 0 amide bonds. The van der Waals surface area contributed by atoms with Gasteiger partial charge in [0.05, 0.1) is 18.9 Å². The van der Waals surface area contributed by atoms with Gasteiger partial charge < -0.3 is 4.74 Å². The molecule has 1 fully saturated rings. The Morgan fingerprint density at radius 2 is 1.89 bits per heavy atom. The molecule has 1 saturated heterocycles. The second-order valence-corrected chi connectivity index (χ2v) is 6.46. The smallest absolute Gasteiger partial charge is 0.182 e. The van der Waals surface area contributed by atoms with Gasteiger partial charge in [0.15, 0.2) is 11.5 Å². The molecule has 0 atom stereocenters. The fourth-order valence-electron chi connectivity index (χ4n) is 3.10. The molecule has 1 aliphatic heterocycles. The highest BCUT2D eigenvalue weighted by Crippen LogP contribution is 2.17. The van der Waals surface area contributed by atoms with Gasteiger partial charge in [-0.25, -0.2) is 0 Å². The molecule has 138 valence electrons. The van der Waals surface area contributed by atoms with Gasteiger partial charge in [0, 0.05) is 50.0 Å². The van der Waals surface area contributed by atoms with Gasteiger partial charge in [-0.05, 0) is 36.8 Å². The Morgan fingerprint density at radius 1 is 1.04 bits per heavy atom. The van der Waals surface area contributed by atoms with Crippen LogP contribution in [0.15, 0.2) is 55.1 Å². The van der Waals surface area contributed by atoms with E-state index < -0.39 is 0 Å². The lowest BCUT2D eigenvalue weighted by Gasteiger charge is -2.26. The molecule has 0 aromatic carbocycles. The summed E-state index contributed by atoms with van der Waals surface area (Å²) in [6.45, 7) is 6.28. The number of ether oxygens (including phenoxy) is 1. The van der Waals surface area contributed by atoms with Crippen molar-refractivity contribution in [2.45, 2.75) is 13.5 Å². The lowest BCUT2D eigenvalue weighted by molar-refractivity contribution is 0.0342. The molecule has 0 spiro atoms. The Balaban J connectivity index is 1.81. The minimum Gasteiger partial charge on any atom is -0.379 e. The summed E-state index contributed by atoms with van der Waals surface area (Å²) >= 11 is 0. The SMILES string of the molecule is Cc1ncccc(CN2CCOCC2)ccn2c(-c3cccnc3)nnc12. The van der Waals surface area contributed by atoms with Crippen molar-refractivity contribution in [1.29, 1.82) is 0 Å². The number of aryl methyl sites for hydroxylation is 1. The minimum absolute atomic E-state index is 0.724. The average Bonchev–Trinajstić information content (AvgIpc) is 3.14. The first-order valence-corrected chi connectivity index (χ1v) is 9.05. The first kappa shape index (κ1) is 17.5. The predicted molar refractivity (Wildman–Crippen MR) is 102 cm³/mol. The van der Waals surface area contributed by atoms with E-state index >= 15 is 0 Å². The van der Waals surface area contributed by atoms with Crippen molar-refractivity contribution < 1.29 is 4.74 Å². The number of fused-ring (bicyclic) bond motifs is 1. The molecule has 0 unspecified atom stereocenters. The van der Waals surface area contributed by atoms with Crippen LogP contribution >= 0.6 is 0 Å². The first-order valence-electron chi connectivity index (χ1n) is 9.05. The fourth-order valence-corrected chi connectivity index (χ4v) is 3.10. The van der Waals surface area contributed by atoms with Crippen molar-refractivity contribution in [3.8, 4) is 11.4 Å². The van der Waals surface area contributed by atoms with Crippen LogP contribution in [0.5, 0.6) is 0 Å². The van der Waals surface area contributed by atoms with Gasteiger partial charge in [-0.2, -0.15) is 0 Å². The zero-order chi connectivity index (χ0) is 18.5. The van der Waals surface area contributed by atoms with Crippen LogP contribution in [0.25, 0.3) is 17.0 Å². The lowest BCUT2D eigenvalue weighted by atomic mass is 10.2. The van der Waals surface area contributed by atoms with Crippen LogP contribution in [-0.2, 0) is 11.3 Å². The highest BCUT2D eigenvalue weighted by Gasteiger charge is 2.11. The highest BCUT2D eigenvalue weighted by atomic mass is 16.5. The standard InChI is InChI=1S/C20H22N6O/c1-16-19-23-24-20(18-5-3-7-21-14-18)26(19)9-6-17(4-2-8-22-16)15-25-10-12-27-13-11-25/h2-9,14H,10-13,15H2,1H3. The Labute approximate surface area is 158 Å². The molecule has 7 nitrogen and oxygen atoms in total. The number of hydrogen-bond donors (Lipinski definition) is 0. The fraction of sp³-hybridized carbons (Fsp3) is 0.300. The normalized spacial score (nSPS) is 14.9. The number of rotatable bonds is 3. The van der Waals surface area contributed by atoms with E-state index in [4.69, 9.17) is 4.74 Å². The van der Waals surface area contributed by atoms with Crippen LogP contribution in [0.1, 0.15) is 11.3 Å². The quantitative estimate of drug-likeness (QED) is 0.713. The molecule has 1 aliphatic rings. The zero-order valence-electron chi connectivity index (χ0n) is 15.3. The maximum absolute atomic E-state index is 5.45. The summed E-state index contributed by atoms with van der Waals surface area (Å²) in [5.41, 5.74) is 3.64. The third kappa shape index (κ3) is 4.10. The highest BCUT2D eigenvalue weighted by molar-refractivity contribution is 5.58. The monoisotopic (exact) mass is 362 g/mol. The van der Waals surface area contributed by atoms with E-state index in [-0.39, 0.29) is 0 Å².